The van der Waals surface area contributed by atoms with Crippen molar-refractivity contribution >= 4 is 22.4 Å². The van der Waals surface area contributed by atoms with E-state index in [1.165, 1.54) is 0 Å². The summed E-state index contributed by atoms with van der Waals surface area (Å²) in [6.07, 6.45) is 3.38. The SMILES string of the molecule is CCn1cc(NC(=O)c2cc3ccccc3c(OC)n2)cn1. The molecular weight excluding hydrogens is 280 g/mol. The van der Waals surface area contributed by atoms with Gasteiger partial charge in [0.2, 0.25) is 5.88 Å². The normalized spacial score (nSPS) is 10.6. The molecule has 22 heavy (non-hydrogen) atoms. The summed E-state index contributed by atoms with van der Waals surface area (Å²) in [5.41, 5.74) is 0.945. The van der Waals surface area contributed by atoms with E-state index in [4.69, 9.17) is 4.74 Å². The van der Waals surface area contributed by atoms with Crippen molar-refractivity contribution in [2.75, 3.05) is 12.4 Å². The summed E-state index contributed by atoms with van der Waals surface area (Å²) in [7, 11) is 1.54. The number of carbonyl (C=O) groups is 1. The first-order valence-electron chi connectivity index (χ1n) is 6.99. The minimum Gasteiger partial charge on any atom is -0.481 e. The van der Waals surface area contributed by atoms with Gasteiger partial charge in [-0.1, -0.05) is 18.2 Å². The van der Waals surface area contributed by atoms with Crippen LogP contribution in [0.1, 0.15) is 17.4 Å². The summed E-state index contributed by atoms with van der Waals surface area (Å²) in [6, 6.07) is 9.40. The van der Waals surface area contributed by atoms with Crippen LogP contribution in [0.4, 0.5) is 5.69 Å². The van der Waals surface area contributed by atoms with Crippen molar-refractivity contribution in [2.45, 2.75) is 13.5 Å². The van der Waals surface area contributed by atoms with Gasteiger partial charge in [-0.2, -0.15) is 5.10 Å². The summed E-state index contributed by atoms with van der Waals surface area (Å²) in [5.74, 6) is 0.146. The molecule has 0 saturated heterocycles. The number of aryl methyl sites for hydroxylation is 1. The van der Waals surface area contributed by atoms with Crippen LogP contribution in [0.3, 0.4) is 0 Å². The van der Waals surface area contributed by atoms with Crippen LogP contribution in [0.2, 0.25) is 0 Å². The zero-order chi connectivity index (χ0) is 15.5. The molecule has 6 heteroatoms. The number of anilines is 1. The van der Waals surface area contributed by atoms with Crippen molar-refractivity contribution in [2.24, 2.45) is 0 Å². The van der Waals surface area contributed by atoms with Crippen LogP contribution in [-0.2, 0) is 6.54 Å². The van der Waals surface area contributed by atoms with Gasteiger partial charge < -0.3 is 10.1 Å². The van der Waals surface area contributed by atoms with Crippen LogP contribution >= 0.6 is 0 Å². The van der Waals surface area contributed by atoms with Crippen molar-refractivity contribution in [3.05, 3.63) is 48.4 Å². The molecule has 0 aliphatic rings. The summed E-state index contributed by atoms with van der Waals surface area (Å²) in [6.45, 7) is 2.73. The number of nitrogens with zero attached hydrogens (tertiary/aromatic N) is 3. The van der Waals surface area contributed by atoms with Crippen LogP contribution in [-0.4, -0.2) is 27.8 Å². The van der Waals surface area contributed by atoms with Gasteiger partial charge in [0.1, 0.15) is 5.69 Å². The van der Waals surface area contributed by atoms with E-state index < -0.39 is 0 Å². The second-order valence-corrected chi connectivity index (χ2v) is 4.78. The number of amides is 1. The Bertz CT molecular complexity index is 826. The fraction of sp³-hybridized carbons (Fsp3) is 0.188. The predicted molar refractivity (Wildman–Crippen MR) is 84.1 cm³/mol. The van der Waals surface area contributed by atoms with E-state index in [2.05, 4.69) is 15.4 Å². The van der Waals surface area contributed by atoms with E-state index in [-0.39, 0.29) is 5.91 Å². The minimum absolute atomic E-state index is 0.292. The first-order valence-corrected chi connectivity index (χ1v) is 6.99. The van der Waals surface area contributed by atoms with Crippen LogP contribution in [0.25, 0.3) is 10.8 Å². The van der Waals surface area contributed by atoms with Crippen LogP contribution in [0.15, 0.2) is 42.7 Å². The number of hydrogen-bond donors (Lipinski definition) is 1. The fourth-order valence-electron chi connectivity index (χ4n) is 2.23. The van der Waals surface area contributed by atoms with Crippen LogP contribution in [0.5, 0.6) is 5.88 Å². The second-order valence-electron chi connectivity index (χ2n) is 4.78. The largest absolute Gasteiger partial charge is 0.481 e. The van der Waals surface area contributed by atoms with Crippen molar-refractivity contribution < 1.29 is 9.53 Å². The summed E-state index contributed by atoms with van der Waals surface area (Å²) >= 11 is 0. The highest BCUT2D eigenvalue weighted by Gasteiger charge is 2.13. The van der Waals surface area contributed by atoms with Gasteiger partial charge in [0.05, 0.1) is 19.0 Å². The first kappa shape index (κ1) is 14.1. The average Bonchev–Trinajstić information content (AvgIpc) is 3.01. The zero-order valence-electron chi connectivity index (χ0n) is 12.4. The molecule has 0 aliphatic heterocycles. The number of carbonyl (C=O) groups excluding carboxylic acids is 1. The molecule has 112 valence electrons. The molecule has 3 rings (SSSR count). The lowest BCUT2D eigenvalue weighted by atomic mass is 10.1. The lowest BCUT2D eigenvalue weighted by molar-refractivity contribution is 0.102. The molecular formula is C16H16N4O2. The quantitative estimate of drug-likeness (QED) is 0.803. The molecule has 2 heterocycles. The number of benzene rings is 1. The van der Waals surface area contributed by atoms with Gasteiger partial charge in [0, 0.05) is 18.1 Å². The van der Waals surface area contributed by atoms with Gasteiger partial charge in [-0.15, -0.1) is 0 Å². The van der Waals surface area contributed by atoms with E-state index in [9.17, 15) is 4.79 Å². The molecule has 3 aromatic rings. The maximum atomic E-state index is 12.4. The number of methoxy groups -OCH3 is 1. The Balaban J connectivity index is 1.93. The summed E-state index contributed by atoms with van der Waals surface area (Å²) in [4.78, 5) is 16.6. The topological polar surface area (TPSA) is 69.0 Å². The molecule has 0 saturated carbocycles. The monoisotopic (exact) mass is 296 g/mol. The van der Waals surface area contributed by atoms with Gasteiger partial charge in [-0.05, 0) is 24.4 Å². The number of nitrogens with one attached hydrogen (secondary N) is 1. The van der Waals surface area contributed by atoms with Crippen LogP contribution < -0.4 is 10.1 Å². The maximum Gasteiger partial charge on any atom is 0.274 e. The molecule has 0 unspecified atom stereocenters. The number of fused-ring (bicyclic) bond motifs is 1. The van der Waals surface area contributed by atoms with Gasteiger partial charge >= 0.3 is 0 Å². The minimum atomic E-state index is -0.292. The van der Waals surface area contributed by atoms with Gasteiger partial charge in [-0.3, -0.25) is 9.48 Å². The van der Waals surface area contributed by atoms with Gasteiger partial charge in [0.25, 0.3) is 5.91 Å². The Labute approximate surface area is 127 Å². The molecule has 1 N–H and O–H groups in total. The maximum absolute atomic E-state index is 12.4. The molecule has 6 nitrogen and oxygen atoms in total. The highest BCUT2D eigenvalue weighted by Crippen LogP contribution is 2.24. The van der Waals surface area contributed by atoms with E-state index in [0.717, 1.165) is 17.3 Å². The van der Waals surface area contributed by atoms with Crippen molar-refractivity contribution in [1.29, 1.82) is 0 Å². The van der Waals surface area contributed by atoms with Crippen molar-refractivity contribution in [1.82, 2.24) is 14.8 Å². The Morgan fingerprint density at radius 2 is 2.18 bits per heavy atom. The third-order valence-electron chi connectivity index (χ3n) is 3.35. The summed E-state index contributed by atoms with van der Waals surface area (Å²) in [5, 5.41) is 8.69. The van der Waals surface area contributed by atoms with E-state index >= 15 is 0 Å². The third kappa shape index (κ3) is 2.63. The number of rotatable bonds is 4. The highest BCUT2D eigenvalue weighted by atomic mass is 16.5. The fourth-order valence-corrected chi connectivity index (χ4v) is 2.23. The van der Waals surface area contributed by atoms with Crippen molar-refractivity contribution in [3.8, 4) is 5.88 Å². The molecule has 0 fully saturated rings. The Kier molecular flexibility index (Phi) is 3.74. The first-order chi connectivity index (χ1) is 10.7. The third-order valence-corrected chi connectivity index (χ3v) is 3.35. The molecule has 1 amide bonds. The lowest BCUT2D eigenvalue weighted by Crippen LogP contribution is -2.13. The molecule has 0 bridgehead atoms. The smallest absolute Gasteiger partial charge is 0.274 e. The predicted octanol–water partition coefficient (Wildman–Crippen LogP) is 2.71. The number of pyridine rings is 1. The van der Waals surface area contributed by atoms with Gasteiger partial charge in [0.15, 0.2) is 0 Å². The Morgan fingerprint density at radius 3 is 2.91 bits per heavy atom. The van der Waals surface area contributed by atoms with Crippen LogP contribution in [0, 0.1) is 0 Å². The lowest BCUT2D eigenvalue weighted by Gasteiger charge is -2.08. The molecule has 1 aromatic carbocycles. The summed E-state index contributed by atoms with van der Waals surface area (Å²) < 4.78 is 7.02. The average molecular weight is 296 g/mol. The molecule has 0 spiro atoms. The van der Waals surface area contributed by atoms with Crippen molar-refractivity contribution in [3.63, 3.8) is 0 Å². The zero-order valence-corrected chi connectivity index (χ0v) is 12.4. The molecule has 2 aromatic heterocycles. The molecule has 0 radical (unpaired) electrons. The molecule has 0 atom stereocenters. The number of aromatic nitrogens is 3. The molecule has 0 aliphatic carbocycles. The second kappa shape index (κ2) is 5.85. The Hall–Kier alpha value is -2.89. The van der Waals surface area contributed by atoms with E-state index in [1.54, 1.807) is 30.3 Å². The number of hydrogen-bond acceptors (Lipinski definition) is 4. The van der Waals surface area contributed by atoms with Gasteiger partial charge in [-0.25, -0.2) is 4.98 Å². The number of ether oxygens (including phenoxy) is 1. The van der Waals surface area contributed by atoms with E-state index in [0.29, 0.717) is 17.3 Å². The standard InChI is InChI=1S/C16H16N4O2/c1-3-20-10-12(9-17-20)18-15(21)14-8-11-6-4-5-7-13(11)16(19-14)22-2/h4-10H,3H2,1-2H3,(H,18,21). The highest BCUT2D eigenvalue weighted by molar-refractivity contribution is 6.05. The Morgan fingerprint density at radius 1 is 1.36 bits per heavy atom. The van der Waals surface area contributed by atoms with E-state index in [1.807, 2.05) is 31.2 Å².